The summed E-state index contributed by atoms with van der Waals surface area (Å²) in [4.78, 5) is 42.5. The molecule has 0 bridgehead atoms. The van der Waals surface area contributed by atoms with E-state index in [1.165, 1.54) is 26.1 Å². The molecule has 0 atom stereocenters. The Kier molecular flexibility index (Phi) is 11.1. The Balaban J connectivity index is 1.26. The molecule has 3 aromatic rings. The van der Waals surface area contributed by atoms with Crippen LogP contribution < -0.4 is 9.46 Å². The summed E-state index contributed by atoms with van der Waals surface area (Å²) in [6, 6.07) is 11.1. The minimum absolute atomic E-state index is 0.141. The number of allylic oxidation sites excluding steroid dienone is 1. The van der Waals surface area contributed by atoms with Gasteiger partial charge in [0.05, 0.1) is 37.8 Å². The Bertz CT molecular complexity index is 2020. The first-order valence-corrected chi connectivity index (χ1v) is 19.1. The number of hydrogen-bond acceptors (Lipinski definition) is 9. The van der Waals surface area contributed by atoms with E-state index in [9.17, 15) is 22.8 Å². The molecular formula is C38H47N5O8S. The van der Waals surface area contributed by atoms with Gasteiger partial charge < -0.3 is 23.7 Å². The predicted molar refractivity (Wildman–Crippen MR) is 198 cm³/mol. The van der Waals surface area contributed by atoms with Crippen molar-refractivity contribution in [1.82, 2.24) is 23.4 Å². The number of carbonyl (C=O) groups is 3. The summed E-state index contributed by atoms with van der Waals surface area (Å²) in [5.41, 5.74) is 5.29. The summed E-state index contributed by atoms with van der Waals surface area (Å²) in [7, 11) is 0.204. The Morgan fingerprint density at radius 2 is 1.73 bits per heavy atom. The zero-order valence-corrected chi connectivity index (χ0v) is 31.1. The summed E-state index contributed by atoms with van der Waals surface area (Å²) < 4.78 is 47.9. The molecule has 2 fully saturated rings. The quantitative estimate of drug-likeness (QED) is 0.222. The van der Waals surface area contributed by atoms with Gasteiger partial charge in [-0.25, -0.2) is 14.3 Å². The van der Waals surface area contributed by atoms with Gasteiger partial charge in [-0.3, -0.25) is 9.69 Å². The van der Waals surface area contributed by atoms with E-state index in [-0.39, 0.29) is 24.6 Å². The summed E-state index contributed by atoms with van der Waals surface area (Å²) in [5, 5.41) is 0.972. The van der Waals surface area contributed by atoms with E-state index >= 15 is 0 Å². The number of hydrogen-bond donors (Lipinski definition) is 1. The second kappa shape index (κ2) is 15.5. The van der Waals surface area contributed by atoms with E-state index in [1.807, 2.05) is 30.3 Å². The van der Waals surface area contributed by atoms with Crippen LogP contribution in [0.5, 0.6) is 5.75 Å². The standard InChI is InChI=1S/C38H47N5O8S/c1-25(2)51-38(46)42-19-17-41(18-20-42)16-15-40(3)52(47,48)39-36(44)27-11-13-32-33(23-27)43-24-29(37(45)50-5)21-28-22-30(49-4)12-14-31(28)35(43)34(32)26-9-7-6-8-10-26/h11-14,21-23,26H,1,6-10,15-20,24H2,2-5H3,(H,39,44). The largest absolute Gasteiger partial charge is 0.497 e. The predicted octanol–water partition coefficient (Wildman–Crippen LogP) is 5.13. The average Bonchev–Trinajstić information content (AvgIpc) is 3.35. The number of nitrogens with one attached hydrogen (secondary N) is 1. The molecule has 1 saturated heterocycles. The average molecular weight is 734 g/mol. The van der Waals surface area contributed by atoms with E-state index < -0.39 is 28.2 Å². The highest BCUT2D eigenvalue weighted by Crippen LogP contribution is 2.47. The van der Waals surface area contributed by atoms with Crippen LogP contribution >= 0.6 is 0 Å². The maximum atomic E-state index is 13.6. The van der Waals surface area contributed by atoms with Crippen LogP contribution in [-0.2, 0) is 31.0 Å². The molecule has 0 spiro atoms. The highest BCUT2D eigenvalue weighted by Gasteiger charge is 2.32. The van der Waals surface area contributed by atoms with Crippen LogP contribution in [0.25, 0.3) is 28.2 Å². The summed E-state index contributed by atoms with van der Waals surface area (Å²) in [6.07, 6.45) is 6.86. The first kappa shape index (κ1) is 37.1. The van der Waals surface area contributed by atoms with E-state index in [1.54, 1.807) is 31.1 Å². The first-order chi connectivity index (χ1) is 24.9. The molecule has 0 radical (unpaired) electrons. The van der Waals surface area contributed by atoms with Crippen LogP contribution in [0.4, 0.5) is 4.79 Å². The number of piperazine rings is 1. The SMILES string of the molecule is C=C(C)OC(=O)N1CCN(CCN(C)S(=O)(=O)NC(=O)c2ccc3c(C4CCCCC4)c4n(c3c2)CC(C(=O)OC)=Cc2cc(OC)ccc2-4)CC1. The van der Waals surface area contributed by atoms with Gasteiger partial charge in [0, 0.05) is 68.3 Å². The zero-order valence-electron chi connectivity index (χ0n) is 30.3. The minimum Gasteiger partial charge on any atom is -0.497 e. The lowest BCUT2D eigenvalue weighted by atomic mass is 9.81. The van der Waals surface area contributed by atoms with Gasteiger partial charge in [-0.05, 0) is 73.2 Å². The number of aromatic nitrogens is 1. The van der Waals surface area contributed by atoms with Gasteiger partial charge in [-0.15, -0.1) is 0 Å². The van der Waals surface area contributed by atoms with Crippen LogP contribution in [0.1, 0.15) is 66.4 Å². The number of rotatable bonds is 10. The van der Waals surface area contributed by atoms with Crippen molar-refractivity contribution in [1.29, 1.82) is 0 Å². The van der Waals surface area contributed by atoms with E-state index in [2.05, 4.69) is 20.8 Å². The molecule has 2 aliphatic heterocycles. The van der Waals surface area contributed by atoms with Gasteiger partial charge in [0.1, 0.15) is 5.75 Å². The molecule has 278 valence electrons. The number of fused-ring (bicyclic) bond motifs is 5. The summed E-state index contributed by atoms with van der Waals surface area (Å²) in [6.45, 7) is 7.99. The summed E-state index contributed by atoms with van der Waals surface area (Å²) >= 11 is 0. The first-order valence-electron chi connectivity index (χ1n) is 17.7. The maximum absolute atomic E-state index is 13.6. The highest BCUT2D eigenvalue weighted by molar-refractivity contribution is 7.87. The van der Waals surface area contributed by atoms with Gasteiger partial charge in [0.15, 0.2) is 0 Å². The van der Waals surface area contributed by atoms with Crippen LogP contribution in [-0.4, -0.2) is 106 Å². The Labute approximate surface area is 305 Å². The third-order valence-electron chi connectivity index (χ3n) is 10.3. The number of likely N-dealkylation sites (N-methyl/N-ethyl adjacent to an activating group) is 1. The number of ether oxygens (including phenoxy) is 3. The molecule has 3 heterocycles. The Hall–Kier alpha value is -4.66. The molecule has 1 aromatic heterocycles. The second-order valence-corrected chi connectivity index (χ2v) is 15.5. The molecule has 3 aliphatic rings. The number of nitrogens with zero attached hydrogens (tertiary/aromatic N) is 4. The van der Waals surface area contributed by atoms with E-state index in [4.69, 9.17) is 14.2 Å². The molecule has 1 N–H and O–H groups in total. The fraction of sp³-hybridized carbons (Fsp3) is 0.447. The molecule has 1 saturated carbocycles. The minimum atomic E-state index is -4.18. The molecule has 6 rings (SSSR count). The number of benzene rings is 2. The third kappa shape index (κ3) is 7.74. The Morgan fingerprint density at radius 1 is 1.00 bits per heavy atom. The fourth-order valence-electron chi connectivity index (χ4n) is 7.46. The van der Waals surface area contributed by atoms with E-state index in [0.29, 0.717) is 49.8 Å². The number of esters is 1. The zero-order chi connectivity index (χ0) is 37.2. The summed E-state index contributed by atoms with van der Waals surface area (Å²) in [5.74, 6) is 0.0554. The molecule has 2 aromatic carbocycles. The maximum Gasteiger partial charge on any atom is 0.414 e. The van der Waals surface area contributed by atoms with Crippen molar-refractivity contribution in [3.05, 3.63) is 71.0 Å². The van der Waals surface area contributed by atoms with Gasteiger partial charge in [-0.2, -0.15) is 12.7 Å². The van der Waals surface area contributed by atoms with Gasteiger partial charge in [0.2, 0.25) is 0 Å². The van der Waals surface area contributed by atoms with Crippen molar-refractivity contribution >= 4 is 45.2 Å². The lowest BCUT2D eigenvalue weighted by Gasteiger charge is -2.34. The normalized spacial score (nSPS) is 16.8. The van der Waals surface area contributed by atoms with Crippen molar-refractivity contribution in [2.75, 3.05) is 60.5 Å². The van der Waals surface area contributed by atoms with Crippen molar-refractivity contribution in [2.24, 2.45) is 0 Å². The van der Waals surface area contributed by atoms with Crippen LogP contribution in [0.3, 0.4) is 0 Å². The number of carbonyl (C=O) groups excluding carboxylic acids is 3. The molecular weight excluding hydrogens is 687 g/mol. The molecule has 52 heavy (non-hydrogen) atoms. The smallest absolute Gasteiger partial charge is 0.414 e. The molecule has 1 aliphatic carbocycles. The van der Waals surface area contributed by atoms with Crippen molar-refractivity contribution < 1.29 is 37.0 Å². The van der Waals surface area contributed by atoms with Crippen LogP contribution in [0.2, 0.25) is 0 Å². The topological polar surface area (TPSA) is 140 Å². The molecule has 2 amide bonds. The number of methoxy groups -OCH3 is 2. The second-order valence-electron chi connectivity index (χ2n) is 13.7. The van der Waals surface area contributed by atoms with Crippen LogP contribution in [0, 0.1) is 0 Å². The lowest BCUT2D eigenvalue weighted by Crippen LogP contribution is -2.51. The van der Waals surface area contributed by atoms with Crippen LogP contribution in [0.15, 0.2) is 54.3 Å². The van der Waals surface area contributed by atoms with Gasteiger partial charge in [-0.1, -0.05) is 31.9 Å². The lowest BCUT2D eigenvalue weighted by molar-refractivity contribution is -0.136. The Morgan fingerprint density at radius 3 is 2.40 bits per heavy atom. The van der Waals surface area contributed by atoms with Crippen molar-refractivity contribution in [2.45, 2.75) is 51.5 Å². The van der Waals surface area contributed by atoms with Gasteiger partial charge in [0.25, 0.3) is 5.91 Å². The third-order valence-corrected chi connectivity index (χ3v) is 11.7. The monoisotopic (exact) mass is 733 g/mol. The fourth-order valence-corrected chi connectivity index (χ4v) is 8.29. The van der Waals surface area contributed by atoms with E-state index in [0.717, 1.165) is 57.7 Å². The molecule has 13 nitrogen and oxygen atoms in total. The number of amides is 2. The molecule has 14 heteroatoms. The van der Waals surface area contributed by atoms with Gasteiger partial charge >= 0.3 is 22.3 Å². The van der Waals surface area contributed by atoms with Crippen molar-refractivity contribution in [3.63, 3.8) is 0 Å². The highest BCUT2D eigenvalue weighted by atomic mass is 32.2. The molecule has 0 unspecified atom stereocenters. The van der Waals surface area contributed by atoms with Crippen molar-refractivity contribution in [3.8, 4) is 17.0 Å².